The summed E-state index contributed by atoms with van der Waals surface area (Å²) in [5.74, 6) is 7.34. The maximum absolute atomic E-state index is 6.27. The summed E-state index contributed by atoms with van der Waals surface area (Å²) >= 11 is 6.27. The largest absolute Gasteiger partial charge is 0.372 e. The van der Waals surface area contributed by atoms with Gasteiger partial charge in [-0.1, -0.05) is 23.4 Å². The van der Waals surface area contributed by atoms with E-state index in [-0.39, 0.29) is 0 Å². The topological polar surface area (TPSA) is 59.1 Å². The van der Waals surface area contributed by atoms with E-state index in [4.69, 9.17) is 16.3 Å². The first kappa shape index (κ1) is 16.3. The fourth-order valence-corrected chi connectivity index (χ4v) is 2.16. The van der Waals surface area contributed by atoms with Gasteiger partial charge in [-0.2, -0.15) is 0 Å². The SMILES string of the molecule is CCNc1nc2cc(Cl)c(C#CCOC)cc2nc1NCC. The van der Waals surface area contributed by atoms with Crippen LogP contribution in [-0.2, 0) is 4.74 Å². The Balaban J connectivity index is 2.51. The third-order valence-corrected chi connectivity index (χ3v) is 3.19. The number of fused-ring (bicyclic) bond motifs is 1. The summed E-state index contributed by atoms with van der Waals surface area (Å²) in [6.07, 6.45) is 0. The highest BCUT2D eigenvalue weighted by Crippen LogP contribution is 2.26. The zero-order valence-corrected chi connectivity index (χ0v) is 13.7. The highest BCUT2D eigenvalue weighted by Gasteiger charge is 2.10. The van der Waals surface area contributed by atoms with Gasteiger partial charge in [0.25, 0.3) is 0 Å². The summed E-state index contributed by atoms with van der Waals surface area (Å²) in [5.41, 5.74) is 2.21. The van der Waals surface area contributed by atoms with Crippen LogP contribution >= 0.6 is 11.6 Å². The van der Waals surface area contributed by atoms with Crippen LogP contribution in [0.25, 0.3) is 11.0 Å². The lowest BCUT2D eigenvalue weighted by Crippen LogP contribution is -2.08. The Labute approximate surface area is 135 Å². The van der Waals surface area contributed by atoms with Crippen LogP contribution in [0, 0.1) is 11.8 Å². The van der Waals surface area contributed by atoms with Gasteiger partial charge in [0.15, 0.2) is 11.6 Å². The van der Waals surface area contributed by atoms with Crippen LogP contribution in [0.1, 0.15) is 19.4 Å². The van der Waals surface area contributed by atoms with Crippen LogP contribution in [-0.4, -0.2) is 36.8 Å². The molecule has 0 aliphatic heterocycles. The minimum Gasteiger partial charge on any atom is -0.372 e. The van der Waals surface area contributed by atoms with Crippen molar-refractivity contribution in [2.24, 2.45) is 0 Å². The van der Waals surface area contributed by atoms with Gasteiger partial charge in [-0.05, 0) is 26.0 Å². The third kappa shape index (κ3) is 3.79. The van der Waals surface area contributed by atoms with Crippen molar-refractivity contribution in [3.63, 3.8) is 0 Å². The summed E-state index contributed by atoms with van der Waals surface area (Å²) in [6.45, 7) is 5.94. The highest BCUT2D eigenvalue weighted by atomic mass is 35.5. The quantitative estimate of drug-likeness (QED) is 0.829. The maximum atomic E-state index is 6.27. The lowest BCUT2D eigenvalue weighted by atomic mass is 10.2. The first-order chi connectivity index (χ1) is 10.7. The minimum atomic E-state index is 0.363. The lowest BCUT2D eigenvalue weighted by molar-refractivity contribution is 0.240. The zero-order chi connectivity index (χ0) is 15.9. The molecule has 0 saturated carbocycles. The van der Waals surface area contributed by atoms with Gasteiger partial charge in [0.2, 0.25) is 0 Å². The number of anilines is 2. The molecule has 0 unspecified atom stereocenters. The van der Waals surface area contributed by atoms with Crippen LogP contribution in [0.15, 0.2) is 12.1 Å². The molecule has 1 heterocycles. The fraction of sp³-hybridized carbons (Fsp3) is 0.375. The first-order valence-electron chi connectivity index (χ1n) is 7.16. The van der Waals surface area contributed by atoms with E-state index in [1.165, 1.54) is 0 Å². The van der Waals surface area contributed by atoms with Crippen molar-refractivity contribution in [1.82, 2.24) is 9.97 Å². The molecule has 0 spiro atoms. The van der Waals surface area contributed by atoms with Gasteiger partial charge >= 0.3 is 0 Å². The van der Waals surface area contributed by atoms with Gasteiger partial charge in [-0.25, -0.2) is 9.97 Å². The molecule has 2 N–H and O–H groups in total. The number of halogens is 1. The van der Waals surface area contributed by atoms with E-state index in [2.05, 4.69) is 32.4 Å². The number of nitrogens with zero attached hydrogens (tertiary/aromatic N) is 2. The smallest absolute Gasteiger partial charge is 0.169 e. The normalized spacial score (nSPS) is 10.2. The van der Waals surface area contributed by atoms with Crippen LogP contribution < -0.4 is 10.6 Å². The molecule has 5 nitrogen and oxygen atoms in total. The summed E-state index contributed by atoms with van der Waals surface area (Å²) in [6, 6.07) is 3.64. The molecule has 0 amide bonds. The van der Waals surface area contributed by atoms with Crippen LogP contribution in [0.5, 0.6) is 0 Å². The van der Waals surface area contributed by atoms with Gasteiger partial charge in [0.1, 0.15) is 6.61 Å². The van der Waals surface area contributed by atoms with Crippen LogP contribution in [0.3, 0.4) is 0 Å². The number of aromatic nitrogens is 2. The first-order valence-corrected chi connectivity index (χ1v) is 7.54. The number of nitrogens with one attached hydrogen (secondary N) is 2. The average molecular weight is 319 g/mol. The Kier molecular flexibility index (Phi) is 5.82. The molecular weight excluding hydrogens is 300 g/mol. The molecule has 6 heteroatoms. The van der Waals surface area contributed by atoms with Crippen LogP contribution in [0.4, 0.5) is 11.6 Å². The lowest BCUT2D eigenvalue weighted by Gasteiger charge is -2.11. The maximum Gasteiger partial charge on any atom is 0.169 e. The molecule has 116 valence electrons. The average Bonchev–Trinajstić information content (AvgIpc) is 2.50. The Bertz CT molecular complexity index is 721. The van der Waals surface area contributed by atoms with E-state index < -0.39 is 0 Å². The number of rotatable bonds is 5. The van der Waals surface area contributed by atoms with E-state index in [0.29, 0.717) is 11.6 Å². The van der Waals surface area contributed by atoms with Crippen LogP contribution in [0.2, 0.25) is 5.02 Å². The molecule has 0 aliphatic carbocycles. The fourth-order valence-electron chi connectivity index (χ4n) is 1.96. The van der Waals surface area contributed by atoms with E-state index in [1.54, 1.807) is 13.2 Å². The Morgan fingerprint density at radius 1 is 1.09 bits per heavy atom. The minimum absolute atomic E-state index is 0.363. The number of methoxy groups -OCH3 is 1. The second-order valence-electron chi connectivity index (χ2n) is 4.54. The summed E-state index contributed by atoms with van der Waals surface area (Å²) in [7, 11) is 1.60. The van der Waals surface area contributed by atoms with Crippen molar-refractivity contribution in [3.05, 3.63) is 22.7 Å². The third-order valence-electron chi connectivity index (χ3n) is 2.88. The van der Waals surface area contributed by atoms with Crippen molar-refractivity contribution >= 4 is 34.3 Å². The summed E-state index contributed by atoms with van der Waals surface area (Å²) in [4.78, 5) is 9.21. The van der Waals surface area contributed by atoms with Gasteiger partial charge in [-0.3, -0.25) is 0 Å². The number of hydrogen-bond donors (Lipinski definition) is 2. The zero-order valence-electron chi connectivity index (χ0n) is 13.0. The molecule has 1 aromatic carbocycles. The molecule has 0 bridgehead atoms. The van der Waals surface area contributed by atoms with E-state index >= 15 is 0 Å². The molecule has 22 heavy (non-hydrogen) atoms. The van der Waals surface area contributed by atoms with Gasteiger partial charge in [0.05, 0.1) is 16.1 Å². The summed E-state index contributed by atoms with van der Waals surface area (Å²) < 4.78 is 4.92. The molecule has 0 fully saturated rings. The van der Waals surface area contributed by atoms with Gasteiger partial charge < -0.3 is 15.4 Å². The second-order valence-corrected chi connectivity index (χ2v) is 4.94. The number of hydrogen-bond acceptors (Lipinski definition) is 5. The van der Waals surface area contributed by atoms with Gasteiger partial charge in [0, 0.05) is 25.8 Å². The Morgan fingerprint density at radius 3 is 2.23 bits per heavy atom. The standard InChI is InChI=1S/C16H19ClN4O/c1-4-18-15-16(19-5-2)21-14-10-12(17)11(7-6-8-22-3)9-13(14)20-15/h9-10H,4-5,8H2,1-3H3,(H,18,20)(H,19,21). The van der Waals surface area contributed by atoms with Gasteiger partial charge in [-0.15, -0.1) is 0 Å². The van der Waals surface area contributed by atoms with Crippen molar-refractivity contribution in [2.45, 2.75) is 13.8 Å². The van der Waals surface area contributed by atoms with E-state index in [0.717, 1.165) is 41.3 Å². The molecule has 2 rings (SSSR count). The van der Waals surface area contributed by atoms with Crippen molar-refractivity contribution in [1.29, 1.82) is 0 Å². The monoisotopic (exact) mass is 318 g/mol. The van der Waals surface area contributed by atoms with Crippen molar-refractivity contribution < 1.29 is 4.74 Å². The predicted molar refractivity (Wildman–Crippen MR) is 91.6 cm³/mol. The number of benzene rings is 1. The van der Waals surface area contributed by atoms with Crippen molar-refractivity contribution in [3.8, 4) is 11.8 Å². The molecule has 1 aromatic heterocycles. The Hall–Kier alpha value is -2.03. The molecule has 0 saturated heterocycles. The molecule has 0 aliphatic rings. The molecule has 0 radical (unpaired) electrons. The molecular formula is C16H19ClN4O. The predicted octanol–water partition coefficient (Wildman–Crippen LogP) is 3.14. The Morgan fingerprint density at radius 2 is 1.68 bits per heavy atom. The summed E-state index contributed by atoms with van der Waals surface area (Å²) in [5, 5.41) is 6.98. The number of ether oxygens (including phenoxy) is 1. The van der Waals surface area contributed by atoms with E-state index in [1.807, 2.05) is 19.9 Å². The molecule has 0 atom stereocenters. The van der Waals surface area contributed by atoms with Crippen molar-refractivity contribution in [2.75, 3.05) is 37.4 Å². The van der Waals surface area contributed by atoms with E-state index in [9.17, 15) is 0 Å². The molecule has 2 aromatic rings. The highest BCUT2D eigenvalue weighted by molar-refractivity contribution is 6.32. The second kappa shape index (κ2) is 7.83.